The summed E-state index contributed by atoms with van der Waals surface area (Å²) in [6, 6.07) is 10.2. The third-order valence-electron chi connectivity index (χ3n) is 2.50. The first-order valence-corrected chi connectivity index (χ1v) is 5.82. The Morgan fingerprint density at radius 2 is 2.19 bits per heavy atom. The van der Waals surface area contributed by atoms with Crippen LogP contribution in [0.1, 0.15) is 5.69 Å². The average molecular weight is 276 g/mol. The standard InChI is InChI=1S/C12H10BrN3/c1-8-5-12-14-11(7-16(12)15-8)9-3-2-4-10(13)6-9/h2-7,15H,1H3. The number of aromatic amines is 1. The lowest BCUT2D eigenvalue weighted by Gasteiger charge is -1.96. The van der Waals surface area contributed by atoms with Crippen LogP contribution in [0.4, 0.5) is 0 Å². The lowest BCUT2D eigenvalue weighted by molar-refractivity contribution is 0.945. The van der Waals surface area contributed by atoms with E-state index >= 15 is 0 Å². The molecule has 0 saturated carbocycles. The van der Waals surface area contributed by atoms with Gasteiger partial charge in [0.2, 0.25) is 0 Å². The molecule has 3 nitrogen and oxygen atoms in total. The number of aryl methyl sites for hydroxylation is 1. The van der Waals surface area contributed by atoms with Crippen LogP contribution >= 0.6 is 15.9 Å². The Bertz CT molecular complexity index is 620. The van der Waals surface area contributed by atoms with Crippen LogP contribution in [-0.4, -0.2) is 14.6 Å². The molecular weight excluding hydrogens is 266 g/mol. The third kappa shape index (κ3) is 1.55. The minimum atomic E-state index is 0.951. The molecule has 0 atom stereocenters. The summed E-state index contributed by atoms with van der Waals surface area (Å²) in [4.78, 5) is 4.56. The first kappa shape index (κ1) is 9.66. The second-order valence-corrected chi connectivity index (χ2v) is 4.72. The van der Waals surface area contributed by atoms with Crippen LogP contribution in [0.5, 0.6) is 0 Å². The predicted octanol–water partition coefficient (Wildman–Crippen LogP) is 3.40. The SMILES string of the molecule is Cc1cc2nc(-c3cccc(Br)c3)cn2[nH]1. The van der Waals surface area contributed by atoms with E-state index in [1.165, 1.54) is 0 Å². The first-order chi connectivity index (χ1) is 7.72. The Morgan fingerprint density at radius 1 is 1.31 bits per heavy atom. The van der Waals surface area contributed by atoms with Gasteiger partial charge in [0.1, 0.15) is 0 Å². The summed E-state index contributed by atoms with van der Waals surface area (Å²) >= 11 is 3.46. The van der Waals surface area contributed by atoms with Crippen molar-refractivity contribution in [3.63, 3.8) is 0 Å². The highest BCUT2D eigenvalue weighted by Crippen LogP contribution is 2.22. The molecule has 0 aliphatic rings. The molecule has 2 aromatic heterocycles. The van der Waals surface area contributed by atoms with E-state index in [1.54, 1.807) is 0 Å². The minimum Gasteiger partial charge on any atom is -0.297 e. The van der Waals surface area contributed by atoms with Gasteiger partial charge in [-0.3, -0.25) is 5.10 Å². The van der Waals surface area contributed by atoms with E-state index < -0.39 is 0 Å². The van der Waals surface area contributed by atoms with Crippen LogP contribution in [0, 0.1) is 6.92 Å². The van der Waals surface area contributed by atoms with E-state index in [4.69, 9.17) is 0 Å². The predicted molar refractivity (Wildman–Crippen MR) is 67.4 cm³/mol. The number of aromatic nitrogens is 3. The number of nitrogens with one attached hydrogen (secondary N) is 1. The maximum Gasteiger partial charge on any atom is 0.153 e. The van der Waals surface area contributed by atoms with Crippen LogP contribution in [0.25, 0.3) is 16.9 Å². The van der Waals surface area contributed by atoms with Gasteiger partial charge in [0.15, 0.2) is 5.65 Å². The van der Waals surface area contributed by atoms with Crippen molar-refractivity contribution in [2.24, 2.45) is 0 Å². The molecule has 4 heteroatoms. The lowest BCUT2D eigenvalue weighted by atomic mass is 10.2. The number of hydrogen-bond donors (Lipinski definition) is 1. The van der Waals surface area contributed by atoms with Crippen LogP contribution < -0.4 is 0 Å². The van der Waals surface area contributed by atoms with E-state index in [1.807, 2.05) is 35.8 Å². The van der Waals surface area contributed by atoms with Crippen LogP contribution in [-0.2, 0) is 0 Å². The van der Waals surface area contributed by atoms with Crippen LogP contribution in [0.2, 0.25) is 0 Å². The van der Waals surface area contributed by atoms with Gasteiger partial charge in [-0.25, -0.2) is 9.50 Å². The second kappa shape index (κ2) is 3.49. The van der Waals surface area contributed by atoms with Crippen molar-refractivity contribution in [2.75, 3.05) is 0 Å². The Morgan fingerprint density at radius 3 is 2.94 bits per heavy atom. The van der Waals surface area contributed by atoms with Crippen molar-refractivity contribution >= 4 is 21.6 Å². The van der Waals surface area contributed by atoms with Gasteiger partial charge in [-0.2, -0.15) is 0 Å². The van der Waals surface area contributed by atoms with E-state index in [2.05, 4.69) is 38.1 Å². The van der Waals surface area contributed by atoms with Gasteiger partial charge < -0.3 is 0 Å². The lowest BCUT2D eigenvalue weighted by Crippen LogP contribution is -1.80. The van der Waals surface area contributed by atoms with Gasteiger partial charge in [-0.05, 0) is 19.1 Å². The van der Waals surface area contributed by atoms with E-state index in [0.29, 0.717) is 0 Å². The minimum absolute atomic E-state index is 0.951. The number of benzene rings is 1. The molecule has 0 unspecified atom stereocenters. The largest absolute Gasteiger partial charge is 0.297 e. The molecule has 0 aliphatic heterocycles. The van der Waals surface area contributed by atoms with Gasteiger partial charge in [0, 0.05) is 21.8 Å². The zero-order valence-electron chi connectivity index (χ0n) is 8.74. The molecule has 3 aromatic rings. The number of fused-ring (bicyclic) bond motifs is 1. The van der Waals surface area contributed by atoms with Crippen molar-refractivity contribution in [2.45, 2.75) is 6.92 Å². The molecule has 1 N–H and O–H groups in total. The topological polar surface area (TPSA) is 33.1 Å². The summed E-state index contributed by atoms with van der Waals surface area (Å²) in [6.45, 7) is 2.02. The third-order valence-corrected chi connectivity index (χ3v) is 2.99. The molecule has 0 aliphatic carbocycles. The summed E-state index contributed by atoms with van der Waals surface area (Å²) in [5, 5.41) is 3.21. The smallest absolute Gasteiger partial charge is 0.153 e. The quantitative estimate of drug-likeness (QED) is 0.726. The molecule has 0 amide bonds. The highest BCUT2D eigenvalue weighted by atomic mass is 79.9. The number of rotatable bonds is 1. The van der Waals surface area contributed by atoms with Crippen LogP contribution in [0.3, 0.4) is 0 Å². The van der Waals surface area contributed by atoms with E-state index in [9.17, 15) is 0 Å². The molecule has 0 bridgehead atoms. The molecule has 0 fully saturated rings. The maximum absolute atomic E-state index is 4.56. The van der Waals surface area contributed by atoms with E-state index in [0.717, 1.165) is 27.1 Å². The van der Waals surface area contributed by atoms with Gasteiger partial charge in [0.05, 0.1) is 11.9 Å². The summed E-state index contributed by atoms with van der Waals surface area (Å²) in [6.07, 6.45) is 2.00. The molecular formula is C12H10BrN3. The summed E-state index contributed by atoms with van der Waals surface area (Å²) in [5.41, 5.74) is 4.16. The molecule has 0 radical (unpaired) electrons. The van der Waals surface area contributed by atoms with Crippen molar-refractivity contribution in [3.8, 4) is 11.3 Å². The maximum atomic E-state index is 4.56. The number of imidazole rings is 1. The Labute approximate surface area is 101 Å². The van der Waals surface area contributed by atoms with Crippen molar-refractivity contribution in [3.05, 3.63) is 46.7 Å². The molecule has 3 rings (SSSR count). The molecule has 0 saturated heterocycles. The number of halogens is 1. The Kier molecular flexibility index (Phi) is 2.11. The summed E-state index contributed by atoms with van der Waals surface area (Å²) < 4.78 is 3.00. The molecule has 2 heterocycles. The highest BCUT2D eigenvalue weighted by molar-refractivity contribution is 9.10. The second-order valence-electron chi connectivity index (χ2n) is 3.80. The zero-order chi connectivity index (χ0) is 11.1. The Hall–Kier alpha value is -1.55. The normalized spacial score (nSPS) is 11.1. The van der Waals surface area contributed by atoms with Crippen molar-refractivity contribution in [1.29, 1.82) is 0 Å². The highest BCUT2D eigenvalue weighted by Gasteiger charge is 2.05. The average Bonchev–Trinajstić information content (AvgIpc) is 2.74. The molecule has 16 heavy (non-hydrogen) atoms. The first-order valence-electron chi connectivity index (χ1n) is 5.03. The fraction of sp³-hybridized carbons (Fsp3) is 0.0833. The number of H-pyrrole nitrogens is 1. The summed E-state index contributed by atoms with van der Waals surface area (Å²) in [7, 11) is 0. The fourth-order valence-corrected chi connectivity index (χ4v) is 2.19. The monoisotopic (exact) mass is 275 g/mol. The molecule has 0 spiro atoms. The molecule has 80 valence electrons. The molecule has 1 aromatic carbocycles. The van der Waals surface area contributed by atoms with Crippen molar-refractivity contribution < 1.29 is 0 Å². The number of nitrogens with zero attached hydrogens (tertiary/aromatic N) is 2. The fourth-order valence-electron chi connectivity index (χ4n) is 1.79. The van der Waals surface area contributed by atoms with E-state index in [-0.39, 0.29) is 0 Å². The summed E-state index contributed by atoms with van der Waals surface area (Å²) in [5.74, 6) is 0. The Balaban J connectivity index is 2.15. The zero-order valence-corrected chi connectivity index (χ0v) is 10.3. The van der Waals surface area contributed by atoms with Gasteiger partial charge in [0.25, 0.3) is 0 Å². The van der Waals surface area contributed by atoms with Crippen molar-refractivity contribution in [1.82, 2.24) is 14.6 Å². The van der Waals surface area contributed by atoms with Crippen LogP contribution in [0.15, 0.2) is 41.0 Å². The number of hydrogen-bond acceptors (Lipinski definition) is 1. The van der Waals surface area contributed by atoms with Gasteiger partial charge >= 0.3 is 0 Å². The van der Waals surface area contributed by atoms with Gasteiger partial charge in [-0.15, -0.1) is 0 Å². The van der Waals surface area contributed by atoms with Gasteiger partial charge in [-0.1, -0.05) is 28.1 Å².